The van der Waals surface area contributed by atoms with E-state index in [0.717, 1.165) is 52.1 Å². The van der Waals surface area contributed by atoms with Crippen molar-refractivity contribution < 1.29 is 14.2 Å². The molecule has 0 rings (SSSR count). The third kappa shape index (κ3) is 10.2. The van der Waals surface area contributed by atoms with Gasteiger partial charge in [0.15, 0.2) is 6.29 Å². The maximum absolute atomic E-state index is 5.60. The Kier molecular flexibility index (Phi) is 11.9. The van der Waals surface area contributed by atoms with Crippen LogP contribution in [0.3, 0.4) is 0 Å². The summed E-state index contributed by atoms with van der Waals surface area (Å²) in [5, 5.41) is 0. The molecule has 0 fully saturated rings. The predicted octanol–water partition coefficient (Wildman–Crippen LogP) is 2.98. The number of ether oxygens (including phenoxy) is 3. The number of hydrogen-bond donors (Lipinski definition) is 0. The van der Waals surface area contributed by atoms with Crippen LogP contribution in [0.5, 0.6) is 0 Å². The molecule has 0 aromatic heterocycles. The zero-order chi connectivity index (χ0) is 11.4. The SMILES string of the molecule is CCCOC(CCCOCC)OCCC. The first-order chi connectivity index (χ1) is 7.35. The average Bonchev–Trinajstić information content (AvgIpc) is 2.27. The van der Waals surface area contributed by atoms with Crippen LogP contribution in [0.4, 0.5) is 0 Å². The Morgan fingerprint density at radius 2 is 1.47 bits per heavy atom. The van der Waals surface area contributed by atoms with E-state index in [9.17, 15) is 0 Å². The second-order valence-electron chi connectivity index (χ2n) is 3.51. The smallest absolute Gasteiger partial charge is 0.157 e. The monoisotopic (exact) mass is 218 g/mol. The van der Waals surface area contributed by atoms with E-state index < -0.39 is 0 Å². The Morgan fingerprint density at radius 3 is 1.93 bits per heavy atom. The van der Waals surface area contributed by atoms with Gasteiger partial charge in [-0.15, -0.1) is 0 Å². The van der Waals surface area contributed by atoms with Crippen molar-refractivity contribution in [2.75, 3.05) is 26.4 Å². The van der Waals surface area contributed by atoms with Crippen molar-refractivity contribution in [1.82, 2.24) is 0 Å². The zero-order valence-corrected chi connectivity index (χ0v) is 10.5. The van der Waals surface area contributed by atoms with Gasteiger partial charge in [0.05, 0.1) is 0 Å². The Hall–Kier alpha value is -0.120. The molecule has 0 radical (unpaired) electrons. The summed E-state index contributed by atoms with van der Waals surface area (Å²) in [6, 6.07) is 0. The molecule has 0 aliphatic heterocycles. The minimum absolute atomic E-state index is 0.0367. The molecular weight excluding hydrogens is 192 g/mol. The van der Waals surface area contributed by atoms with Gasteiger partial charge in [-0.25, -0.2) is 0 Å². The maximum Gasteiger partial charge on any atom is 0.157 e. The molecule has 0 saturated carbocycles. The van der Waals surface area contributed by atoms with Crippen molar-refractivity contribution in [2.24, 2.45) is 0 Å². The molecule has 0 aromatic rings. The normalized spacial score (nSPS) is 11.2. The van der Waals surface area contributed by atoms with E-state index in [-0.39, 0.29) is 6.29 Å². The van der Waals surface area contributed by atoms with Crippen molar-refractivity contribution in [3.05, 3.63) is 0 Å². The van der Waals surface area contributed by atoms with E-state index in [1.807, 2.05) is 6.92 Å². The van der Waals surface area contributed by atoms with Crippen LogP contribution in [0.2, 0.25) is 0 Å². The van der Waals surface area contributed by atoms with Gasteiger partial charge < -0.3 is 14.2 Å². The lowest BCUT2D eigenvalue weighted by Crippen LogP contribution is -2.19. The molecule has 0 saturated heterocycles. The Morgan fingerprint density at radius 1 is 0.867 bits per heavy atom. The van der Waals surface area contributed by atoms with E-state index in [2.05, 4.69) is 13.8 Å². The minimum Gasteiger partial charge on any atom is -0.382 e. The minimum atomic E-state index is -0.0367. The van der Waals surface area contributed by atoms with E-state index in [1.54, 1.807) is 0 Å². The summed E-state index contributed by atoms with van der Waals surface area (Å²) in [6.45, 7) is 9.38. The van der Waals surface area contributed by atoms with Gasteiger partial charge in [0.2, 0.25) is 0 Å². The Labute approximate surface area is 94.1 Å². The third-order valence-corrected chi connectivity index (χ3v) is 1.95. The predicted molar refractivity (Wildman–Crippen MR) is 62.0 cm³/mol. The first kappa shape index (κ1) is 14.9. The van der Waals surface area contributed by atoms with Crippen LogP contribution in [0.1, 0.15) is 46.5 Å². The van der Waals surface area contributed by atoms with Gasteiger partial charge in [0.1, 0.15) is 0 Å². The van der Waals surface area contributed by atoms with Crippen LogP contribution in [-0.4, -0.2) is 32.7 Å². The summed E-state index contributed by atoms with van der Waals surface area (Å²) in [4.78, 5) is 0. The van der Waals surface area contributed by atoms with Gasteiger partial charge in [-0.2, -0.15) is 0 Å². The van der Waals surface area contributed by atoms with Crippen LogP contribution in [0, 0.1) is 0 Å². The molecule has 3 heteroatoms. The fourth-order valence-corrected chi connectivity index (χ4v) is 1.21. The molecule has 0 aliphatic rings. The van der Waals surface area contributed by atoms with Gasteiger partial charge in [-0.1, -0.05) is 13.8 Å². The van der Waals surface area contributed by atoms with E-state index >= 15 is 0 Å². The molecule has 15 heavy (non-hydrogen) atoms. The molecule has 92 valence electrons. The summed E-state index contributed by atoms with van der Waals surface area (Å²) >= 11 is 0. The lowest BCUT2D eigenvalue weighted by molar-refractivity contribution is -0.147. The van der Waals surface area contributed by atoms with Crippen LogP contribution in [-0.2, 0) is 14.2 Å². The highest BCUT2D eigenvalue weighted by molar-refractivity contribution is 4.47. The summed E-state index contributed by atoms with van der Waals surface area (Å²) in [5.41, 5.74) is 0. The zero-order valence-electron chi connectivity index (χ0n) is 10.5. The summed E-state index contributed by atoms with van der Waals surface area (Å²) in [6.07, 6.45) is 3.98. The van der Waals surface area contributed by atoms with Crippen LogP contribution >= 0.6 is 0 Å². The largest absolute Gasteiger partial charge is 0.382 e. The van der Waals surface area contributed by atoms with Crippen LogP contribution in [0.25, 0.3) is 0 Å². The highest BCUT2D eigenvalue weighted by atomic mass is 16.7. The summed E-state index contributed by atoms with van der Waals surface area (Å²) < 4.78 is 16.5. The summed E-state index contributed by atoms with van der Waals surface area (Å²) in [5.74, 6) is 0. The standard InChI is InChI=1S/C12H26O3/c1-4-9-14-12(15-10-5-2)8-7-11-13-6-3/h12H,4-11H2,1-3H3. The lowest BCUT2D eigenvalue weighted by Gasteiger charge is -2.17. The Balaban J connectivity index is 3.49. The second kappa shape index (κ2) is 12.0. The molecule has 0 N–H and O–H groups in total. The first-order valence-electron chi connectivity index (χ1n) is 6.16. The molecule has 0 heterocycles. The maximum atomic E-state index is 5.60. The molecule has 0 bridgehead atoms. The van der Waals surface area contributed by atoms with Gasteiger partial charge >= 0.3 is 0 Å². The number of rotatable bonds is 11. The molecule has 0 spiro atoms. The third-order valence-electron chi connectivity index (χ3n) is 1.95. The quantitative estimate of drug-likeness (QED) is 0.394. The van der Waals surface area contributed by atoms with E-state index in [4.69, 9.17) is 14.2 Å². The average molecular weight is 218 g/mol. The van der Waals surface area contributed by atoms with Crippen LogP contribution in [0.15, 0.2) is 0 Å². The molecule has 0 unspecified atom stereocenters. The summed E-state index contributed by atoms with van der Waals surface area (Å²) in [7, 11) is 0. The fourth-order valence-electron chi connectivity index (χ4n) is 1.21. The van der Waals surface area contributed by atoms with Gasteiger partial charge in [0, 0.05) is 32.8 Å². The second-order valence-corrected chi connectivity index (χ2v) is 3.51. The fraction of sp³-hybridized carbons (Fsp3) is 1.00. The van der Waals surface area contributed by atoms with Crippen molar-refractivity contribution in [2.45, 2.75) is 52.7 Å². The topological polar surface area (TPSA) is 27.7 Å². The van der Waals surface area contributed by atoms with Crippen molar-refractivity contribution in [3.63, 3.8) is 0 Å². The number of hydrogen-bond acceptors (Lipinski definition) is 3. The highest BCUT2D eigenvalue weighted by Crippen LogP contribution is 2.06. The molecule has 0 aromatic carbocycles. The molecule has 3 nitrogen and oxygen atoms in total. The van der Waals surface area contributed by atoms with Crippen molar-refractivity contribution >= 4 is 0 Å². The highest BCUT2D eigenvalue weighted by Gasteiger charge is 2.07. The van der Waals surface area contributed by atoms with Gasteiger partial charge in [-0.3, -0.25) is 0 Å². The Bertz CT molecular complexity index is 109. The lowest BCUT2D eigenvalue weighted by atomic mass is 10.3. The van der Waals surface area contributed by atoms with Gasteiger partial charge in [-0.05, 0) is 26.2 Å². The van der Waals surface area contributed by atoms with Crippen molar-refractivity contribution in [3.8, 4) is 0 Å². The van der Waals surface area contributed by atoms with E-state index in [1.165, 1.54) is 0 Å². The molecule has 0 amide bonds. The van der Waals surface area contributed by atoms with Gasteiger partial charge in [0.25, 0.3) is 0 Å². The van der Waals surface area contributed by atoms with Crippen LogP contribution < -0.4 is 0 Å². The first-order valence-corrected chi connectivity index (χ1v) is 6.16. The van der Waals surface area contributed by atoms with E-state index in [0.29, 0.717) is 0 Å². The molecule has 0 aliphatic carbocycles. The molecule has 0 atom stereocenters. The van der Waals surface area contributed by atoms with Crippen molar-refractivity contribution in [1.29, 1.82) is 0 Å². The molecular formula is C12H26O3.